The largest absolute Gasteiger partial charge is 0.441 e. The fourth-order valence-corrected chi connectivity index (χ4v) is 3.44. The predicted molar refractivity (Wildman–Crippen MR) is 114 cm³/mol. The Morgan fingerprint density at radius 1 is 1.13 bits per heavy atom. The Hall–Kier alpha value is -3.87. The van der Waals surface area contributed by atoms with Gasteiger partial charge in [0.25, 0.3) is 0 Å². The van der Waals surface area contributed by atoms with Gasteiger partial charge in [0.1, 0.15) is 11.8 Å². The predicted octanol–water partition coefficient (Wildman–Crippen LogP) is 2.89. The highest BCUT2D eigenvalue weighted by molar-refractivity contribution is 5.89. The molecule has 2 aromatic heterocycles. The van der Waals surface area contributed by atoms with Gasteiger partial charge in [-0.1, -0.05) is 36.4 Å². The number of fused-ring (bicyclic) bond motifs is 1. The second-order valence-corrected chi connectivity index (χ2v) is 7.15. The number of H-pyrrole nitrogens is 1. The minimum absolute atomic E-state index is 0.000167. The van der Waals surface area contributed by atoms with E-state index in [-0.39, 0.29) is 12.3 Å². The number of aromatic nitrogens is 2. The number of nitrogens with one attached hydrogen (secondary N) is 2. The SMILES string of the molecule is Cc1oc(-c2ccccc2)nc1CC(=O)NC(Cc1c[nH]c2ccccc12)C(N)=O. The number of aromatic amines is 1. The zero-order valence-corrected chi connectivity index (χ0v) is 16.5. The van der Waals surface area contributed by atoms with Gasteiger partial charge in [-0.25, -0.2) is 4.98 Å². The standard InChI is InChI=1S/C23H22N4O3/c1-14-19(27-23(30-14)15-7-3-2-4-8-15)12-21(28)26-20(22(24)29)11-16-13-25-18-10-6-5-9-17(16)18/h2-10,13,20,25H,11-12H2,1H3,(H2,24,29)(H,26,28). The van der Waals surface area contributed by atoms with Gasteiger partial charge in [0.15, 0.2) is 0 Å². The highest BCUT2D eigenvalue weighted by atomic mass is 16.4. The van der Waals surface area contributed by atoms with Crippen LogP contribution in [0.25, 0.3) is 22.4 Å². The summed E-state index contributed by atoms with van der Waals surface area (Å²) in [5, 5.41) is 3.73. The maximum Gasteiger partial charge on any atom is 0.240 e. The van der Waals surface area contributed by atoms with Crippen molar-refractivity contribution in [1.82, 2.24) is 15.3 Å². The number of benzene rings is 2. The third-order valence-corrected chi connectivity index (χ3v) is 5.02. The highest BCUT2D eigenvalue weighted by Gasteiger charge is 2.22. The molecule has 4 aromatic rings. The molecule has 0 radical (unpaired) electrons. The van der Waals surface area contributed by atoms with Crippen LogP contribution in [-0.4, -0.2) is 27.8 Å². The molecule has 0 fully saturated rings. The summed E-state index contributed by atoms with van der Waals surface area (Å²) in [6, 6.07) is 16.4. The molecule has 4 N–H and O–H groups in total. The third-order valence-electron chi connectivity index (χ3n) is 5.02. The van der Waals surface area contributed by atoms with Crippen LogP contribution < -0.4 is 11.1 Å². The molecule has 7 nitrogen and oxygen atoms in total. The van der Waals surface area contributed by atoms with E-state index in [0.29, 0.717) is 23.8 Å². The maximum atomic E-state index is 12.6. The Balaban J connectivity index is 1.46. The van der Waals surface area contributed by atoms with Crippen LogP contribution in [0.5, 0.6) is 0 Å². The third kappa shape index (κ3) is 4.10. The molecule has 7 heteroatoms. The van der Waals surface area contributed by atoms with Gasteiger partial charge in [-0.15, -0.1) is 0 Å². The Bertz CT molecular complexity index is 1190. The van der Waals surface area contributed by atoms with Crippen molar-refractivity contribution >= 4 is 22.7 Å². The first-order valence-corrected chi connectivity index (χ1v) is 9.66. The molecule has 1 atom stereocenters. The molecule has 0 aliphatic rings. The van der Waals surface area contributed by atoms with E-state index < -0.39 is 11.9 Å². The molecule has 4 rings (SSSR count). The molecular formula is C23H22N4O3. The molecule has 2 heterocycles. The fourth-order valence-electron chi connectivity index (χ4n) is 3.44. The number of hydrogen-bond donors (Lipinski definition) is 3. The Labute approximate surface area is 173 Å². The van der Waals surface area contributed by atoms with Crippen molar-refractivity contribution in [3.63, 3.8) is 0 Å². The molecule has 0 aliphatic heterocycles. The number of amides is 2. The van der Waals surface area contributed by atoms with Crippen LogP contribution in [0.1, 0.15) is 17.0 Å². The lowest BCUT2D eigenvalue weighted by molar-refractivity contribution is -0.127. The summed E-state index contributed by atoms with van der Waals surface area (Å²) in [5.41, 5.74) is 8.80. The molecule has 1 unspecified atom stereocenters. The van der Waals surface area contributed by atoms with E-state index in [0.717, 1.165) is 22.0 Å². The number of carbonyl (C=O) groups excluding carboxylic acids is 2. The van der Waals surface area contributed by atoms with Crippen LogP contribution in [-0.2, 0) is 22.4 Å². The van der Waals surface area contributed by atoms with Crippen LogP contribution in [0.3, 0.4) is 0 Å². The summed E-state index contributed by atoms with van der Waals surface area (Å²) in [5.74, 6) is 0.0996. The molecular weight excluding hydrogens is 380 g/mol. The molecule has 2 amide bonds. The zero-order valence-electron chi connectivity index (χ0n) is 16.5. The Morgan fingerprint density at radius 3 is 2.63 bits per heavy atom. The first-order valence-electron chi connectivity index (χ1n) is 9.66. The molecule has 0 saturated carbocycles. The lowest BCUT2D eigenvalue weighted by atomic mass is 10.0. The maximum absolute atomic E-state index is 12.6. The van der Waals surface area contributed by atoms with Gasteiger partial charge in [-0.3, -0.25) is 9.59 Å². The lowest BCUT2D eigenvalue weighted by Crippen LogP contribution is -2.46. The average molecular weight is 402 g/mol. The number of nitrogens with zero attached hydrogens (tertiary/aromatic N) is 1. The first-order chi connectivity index (χ1) is 14.5. The normalized spacial score (nSPS) is 12.0. The summed E-state index contributed by atoms with van der Waals surface area (Å²) < 4.78 is 5.70. The Morgan fingerprint density at radius 2 is 1.87 bits per heavy atom. The monoisotopic (exact) mass is 402 g/mol. The van der Waals surface area contributed by atoms with Crippen LogP contribution in [0.15, 0.2) is 65.2 Å². The summed E-state index contributed by atoms with van der Waals surface area (Å²) in [6.45, 7) is 1.76. The number of hydrogen-bond acceptors (Lipinski definition) is 4. The smallest absolute Gasteiger partial charge is 0.240 e. The molecule has 30 heavy (non-hydrogen) atoms. The van der Waals surface area contributed by atoms with Crippen molar-refractivity contribution in [2.75, 3.05) is 0 Å². The lowest BCUT2D eigenvalue weighted by Gasteiger charge is -2.15. The fraction of sp³-hybridized carbons (Fsp3) is 0.174. The zero-order chi connectivity index (χ0) is 21.1. The highest BCUT2D eigenvalue weighted by Crippen LogP contribution is 2.22. The van der Waals surface area contributed by atoms with Gasteiger partial charge in [0.05, 0.1) is 12.1 Å². The van der Waals surface area contributed by atoms with E-state index in [2.05, 4.69) is 15.3 Å². The number of primary amides is 1. The quantitative estimate of drug-likeness (QED) is 0.441. The van der Waals surface area contributed by atoms with E-state index in [9.17, 15) is 9.59 Å². The van der Waals surface area contributed by atoms with Crippen molar-refractivity contribution in [3.05, 3.63) is 77.8 Å². The van der Waals surface area contributed by atoms with Gasteiger partial charge in [-0.05, 0) is 30.7 Å². The number of para-hydroxylation sites is 1. The molecule has 152 valence electrons. The van der Waals surface area contributed by atoms with Crippen molar-refractivity contribution < 1.29 is 14.0 Å². The molecule has 2 aromatic carbocycles. The van der Waals surface area contributed by atoms with E-state index in [1.807, 2.05) is 60.8 Å². The number of oxazole rings is 1. The van der Waals surface area contributed by atoms with Crippen molar-refractivity contribution in [2.45, 2.75) is 25.8 Å². The van der Waals surface area contributed by atoms with Crippen molar-refractivity contribution in [1.29, 1.82) is 0 Å². The van der Waals surface area contributed by atoms with Gasteiger partial charge in [0.2, 0.25) is 17.7 Å². The Kier molecular flexibility index (Phi) is 5.34. The minimum Gasteiger partial charge on any atom is -0.441 e. The van der Waals surface area contributed by atoms with Gasteiger partial charge in [-0.2, -0.15) is 0 Å². The summed E-state index contributed by atoms with van der Waals surface area (Å²) >= 11 is 0. The van der Waals surface area contributed by atoms with E-state index >= 15 is 0 Å². The van der Waals surface area contributed by atoms with Gasteiger partial charge >= 0.3 is 0 Å². The topological polar surface area (TPSA) is 114 Å². The van der Waals surface area contributed by atoms with Crippen LogP contribution in [0.2, 0.25) is 0 Å². The van der Waals surface area contributed by atoms with E-state index in [4.69, 9.17) is 10.2 Å². The molecule has 0 saturated heterocycles. The van der Waals surface area contributed by atoms with Crippen LogP contribution in [0.4, 0.5) is 0 Å². The second-order valence-electron chi connectivity index (χ2n) is 7.15. The second kappa shape index (κ2) is 8.24. The van der Waals surface area contributed by atoms with Crippen LogP contribution >= 0.6 is 0 Å². The van der Waals surface area contributed by atoms with E-state index in [1.165, 1.54) is 0 Å². The molecule has 0 aliphatic carbocycles. The summed E-state index contributed by atoms with van der Waals surface area (Å²) in [7, 11) is 0. The summed E-state index contributed by atoms with van der Waals surface area (Å²) in [6.07, 6.45) is 2.14. The van der Waals surface area contributed by atoms with Crippen LogP contribution in [0, 0.1) is 6.92 Å². The minimum atomic E-state index is -0.822. The number of rotatable bonds is 7. The molecule has 0 spiro atoms. The number of aryl methyl sites for hydroxylation is 1. The van der Waals surface area contributed by atoms with Crippen molar-refractivity contribution in [3.8, 4) is 11.5 Å². The van der Waals surface area contributed by atoms with Gasteiger partial charge < -0.3 is 20.5 Å². The van der Waals surface area contributed by atoms with Crippen molar-refractivity contribution in [2.24, 2.45) is 5.73 Å². The number of carbonyl (C=O) groups is 2. The average Bonchev–Trinajstić information content (AvgIpc) is 3.32. The van der Waals surface area contributed by atoms with E-state index in [1.54, 1.807) is 6.92 Å². The number of nitrogens with two attached hydrogens (primary N) is 1. The summed E-state index contributed by atoms with van der Waals surface area (Å²) in [4.78, 5) is 32.2. The molecule has 0 bridgehead atoms. The first kappa shape index (κ1) is 19.4. The van der Waals surface area contributed by atoms with Gasteiger partial charge in [0, 0.05) is 29.1 Å².